The lowest BCUT2D eigenvalue weighted by molar-refractivity contribution is -0.323. The number of aliphatic hydroxyl groups is 4. The molecule has 2 aliphatic heterocycles. The molecule has 0 unspecified atom stereocenters. The summed E-state index contributed by atoms with van der Waals surface area (Å²) in [5, 5.41) is 39.8. The van der Waals surface area contributed by atoms with Crippen LogP contribution in [0.25, 0.3) is 0 Å². The molecule has 0 radical (unpaired) electrons. The Kier molecular flexibility index (Phi) is 5.38. The van der Waals surface area contributed by atoms with Crippen LogP contribution in [0.4, 0.5) is 0 Å². The molecule has 0 aromatic heterocycles. The summed E-state index contributed by atoms with van der Waals surface area (Å²) < 4.78 is 17.3. The first-order valence-electron chi connectivity index (χ1n) is 10.2. The lowest BCUT2D eigenvalue weighted by Crippen LogP contribution is -2.61. The maximum Gasteiger partial charge on any atom is 0.334 e. The summed E-state index contributed by atoms with van der Waals surface area (Å²) in [7, 11) is 0. The SMILES string of the molecule is C=C1CC[C@H](O[C@@H]2O[C@@H](CO)[C@@H](O)[C@H](O)[C@H]2O)[C@]2(C)C[C@@H]3OC(=O)C(C)=C3C[C@@H]12. The van der Waals surface area contributed by atoms with Gasteiger partial charge < -0.3 is 34.6 Å². The van der Waals surface area contributed by atoms with E-state index in [0.29, 0.717) is 24.8 Å². The minimum Gasteiger partial charge on any atom is -0.454 e. The maximum absolute atomic E-state index is 12.0. The van der Waals surface area contributed by atoms with E-state index in [9.17, 15) is 25.2 Å². The van der Waals surface area contributed by atoms with Crippen molar-refractivity contribution >= 4 is 5.97 Å². The van der Waals surface area contributed by atoms with Gasteiger partial charge in [0.05, 0.1) is 12.7 Å². The Morgan fingerprint density at radius 2 is 1.97 bits per heavy atom. The molecule has 9 atom stereocenters. The molecule has 0 amide bonds. The molecule has 8 heteroatoms. The Balaban J connectivity index is 1.57. The molecule has 3 fully saturated rings. The van der Waals surface area contributed by atoms with E-state index < -0.39 is 42.7 Å². The predicted octanol–water partition coefficient (Wildman–Crippen LogP) is 0.180. The number of allylic oxidation sites excluding steroid dienone is 1. The van der Waals surface area contributed by atoms with Gasteiger partial charge in [0, 0.05) is 11.0 Å². The Labute approximate surface area is 169 Å². The van der Waals surface area contributed by atoms with E-state index in [1.54, 1.807) is 6.92 Å². The quantitative estimate of drug-likeness (QED) is 0.384. The lowest BCUT2D eigenvalue weighted by Gasteiger charge is -2.53. The van der Waals surface area contributed by atoms with E-state index in [1.165, 1.54) is 0 Å². The summed E-state index contributed by atoms with van der Waals surface area (Å²) in [5.74, 6) is -0.175. The topological polar surface area (TPSA) is 126 Å². The average Bonchev–Trinajstić information content (AvgIpc) is 2.95. The van der Waals surface area contributed by atoms with Crippen molar-refractivity contribution in [2.24, 2.45) is 11.3 Å². The van der Waals surface area contributed by atoms with Gasteiger partial charge in [-0.15, -0.1) is 0 Å². The summed E-state index contributed by atoms with van der Waals surface area (Å²) in [4.78, 5) is 12.0. The highest BCUT2D eigenvalue weighted by molar-refractivity contribution is 5.91. The number of hydrogen-bond acceptors (Lipinski definition) is 8. The van der Waals surface area contributed by atoms with Crippen LogP contribution < -0.4 is 0 Å². The zero-order valence-electron chi connectivity index (χ0n) is 16.8. The highest BCUT2D eigenvalue weighted by Crippen LogP contribution is 2.56. The van der Waals surface area contributed by atoms with E-state index >= 15 is 0 Å². The van der Waals surface area contributed by atoms with Crippen molar-refractivity contribution in [3.8, 4) is 0 Å². The number of aliphatic hydroxyl groups excluding tert-OH is 4. The fourth-order valence-electron chi connectivity index (χ4n) is 5.46. The van der Waals surface area contributed by atoms with Crippen molar-refractivity contribution in [3.63, 3.8) is 0 Å². The Morgan fingerprint density at radius 3 is 2.66 bits per heavy atom. The van der Waals surface area contributed by atoms with Crippen molar-refractivity contribution in [1.29, 1.82) is 0 Å². The predicted molar refractivity (Wildman–Crippen MR) is 100 cm³/mol. The number of carbonyl (C=O) groups is 1. The van der Waals surface area contributed by atoms with Crippen molar-refractivity contribution in [2.45, 2.75) is 82.4 Å². The summed E-state index contributed by atoms with van der Waals surface area (Å²) in [6.45, 7) is 7.63. The fraction of sp³-hybridized carbons (Fsp3) is 0.762. The summed E-state index contributed by atoms with van der Waals surface area (Å²) in [6, 6.07) is 0. The van der Waals surface area contributed by atoms with E-state index in [0.717, 1.165) is 17.6 Å². The third-order valence-corrected chi connectivity index (χ3v) is 7.37. The van der Waals surface area contributed by atoms with Crippen LogP contribution in [0, 0.1) is 11.3 Å². The summed E-state index contributed by atoms with van der Waals surface area (Å²) in [6.07, 6.45) is -4.48. The second-order valence-corrected chi connectivity index (χ2v) is 9.03. The van der Waals surface area contributed by atoms with E-state index in [2.05, 4.69) is 13.5 Å². The van der Waals surface area contributed by atoms with E-state index in [4.69, 9.17) is 14.2 Å². The molecule has 1 saturated heterocycles. The molecule has 0 bridgehead atoms. The minimum absolute atomic E-state index is 0.0989. The monoisotopic (exact) mass is 410 g/mol. The zero-order valence-corrected chi connectivity index (χ0v) is 16.8. The third kappa shape index (κ3) is 3.26. The standard InChI is InChI=1S/C21H30O8/c1-9-4-5-15(29-20-18(25)17(24)16(23)14(8-22)28-20)21(3)7-13-11(6-12(9)21)10(2)19(26)27-13/h12-18,20,22-25H,1,4-8H2,2-3H3/t12-,13-,14-,15-,16+,17-,18+,20-,21+/m0/s1. The Bertz CT molecular complexity index is 730. The summed E-state index contributed by atoms with van der Waals surface area (Å²) >= 11 is 0. The molecule has 0 spiro atoms. The van der Waals surface area contributed by atoms with Gasteiger partial charge in [0.25, 0.3) is 0 Å². The number of esters is 1. The Hall–Kier alpha value is -1.29. The molecule has 2 saturated carbocycles. The van der Waals surface area contributed by atoms with Gasteiger partial charge in [-0.1, -0.05) is 19.1 Å². The first kappa shape index (κ1) is 21.0. The fourth-order valence-corrected chi connectivity index (χ4v) is 5.46. The summed E-state index contributed by atoms with van der Waals surface area (Å²) in [5.41, 5.74) is 2.43. The van der Waals surface area contributed by atoms with E-state index in [-0.39, 0.29) is 24.1 Å². The molecule has 0 aromatic rings. The van der Waals surface area contributed by atoms with Crippen LogP contribution in [0.3, 0.4) is 0 Å². The minimum atomic E-state index is -1.48. The number of carbonyl (C=O) groups excluding carboxylic acids is 1. The van der Waals surface area contributed by atoms with E-state index in [1.807, 2.05) is 0 Å². The number of hydrogen-bond donors (Lipinski definition) is 4. The second kappa shape index (κ2) is 7.44. The van der Waals surface area contributed by atoms with Crippen molar-refractivity contribution < 1.29 is 39.4 Å². The molecule has 2 heterocycles. The normalized spacial score (nSPS) is 47.7. The van der Waals surface area contributed by atoms with Crippen LogP contribution in [-0.2, 0) is 19.0 Å². The lowest BCUT2D eigenvalue weighted by atomic mass is 9.56. The molecular weight excluding hydrogens is 380 g/mol. The highest BCUT2D eigenvalue weighted by atomic mass is 16.7. The molecule has 8 nitrogen and oxygen atoms in total. The van der Waals surface area contributed by atoms with Crippen molar-refractivity contribution in [2.75, 3.05) is 6.61 Å². The van der Waals surface area contributed by atoms with Gasteiger partial charge in [-0.05, 0) is 44.1 Å². The molecule has 0 aromatic carbocycles. The average molecular weight is 410 g/mol. The first-order chi connectivity index (χ1) is 13.7. The first-order valence-corrected chi connectivity index (χ1v) is 10.2. The third-order valence-electron chi connectivity index (χ3n) is 7.37. The smallest absolute Gasteiger partial charge is 0.334 e. The molecule has 162 valence electrons. The molecular formula is C21H30O8. The van der Waals surface area contributed by atoms with Crippen LogP contribution in [0.1, 0.15) is 39.5 Å². The van der Waals surface area contributed by atoms with Gasteiger partial charge in [-0.2, -0.15) is 0 Å². The maximum atomic E-state index is 12.0. The second-order valence-electron chi connectivity index (χ2n) is 9.03. The molecule has 4 rings (SSSR count). The van der Waals surface area contributed by atoms with Gasteiger partial charge in [-0.3, -0.25) is 0 Å². The number of fused-ring (bicyclic) bond motifs is 2. The van der Waals surface area contributed by atoms with Crippen LogP contribution >= 0.6 is 0 Å². The van der Waals surface area contributed by atoms with Crippen LogP contribution in [-0.4, -0.2) is 75.9 Å². The van der Waals surface area contributed by atoms with Gasteiger partial charge in [0.15, 0.2) is 6.29 Å². The molecule has 4 aliphatic rings. The molecule has 29 heavy (non-hydrogen) atoms. The molecule has 4 N–H and O–H groups in total. The number of rotatable bonds is 3. The zero-order chi connectivity index (χ0) is 21.1. The number of ether oxygens (including phenoxy) is 3. The van der Waals surface area contributed by atoms with Crippen LogP contribution in [0.15, 0.2) is 23.3 Å². The largest absolute Gasteiger partial charge is 0.454 e. The van der Waals surface area contributed by atoms with Crippen molar-refractivity contribution in [3.05, 3.63) is 23.3 Å². The highest BCUT2D eigenvalue weighted by Gasteiger charge is 2.55. The van der Waals surface area contributed by atoms with Gasteiger partial charge in [0.1, 0.15) is 30.5 Å². The van der Waals surface area contributed by atoms with Crippen LogP contribution in [0.2, 0.25) is 0 Å². The molecule has 2 aliphatic carbocycles. The van der Waals surface area contributed by atoms with Gasteiger partial charge in [0.2, 0.25) is 0 Å². The Morgan fingerprint density at radius 1 is 1.24 bits per heavy atom. The van der Waals surface area contributed by atoms with Gasteiger partial charge >= 0.3 is 5.97 Å². The van der Waals surface area contributed by atoms with Crippen molar-refractivity contribution in [1.82, 2.24) is 0 Å². The van der Waals surface area contributed by atoms with Crippen LogP contribution in [0.5, 0.6) is 0 Å². The van der Waals surface area contributed by atoms with Gasteiger partial charge in [-0.25, -0.2) is 4.79 Å².